The molecule has 26 heavy (non-hydrogen) atoms. The number of aromatic nitrogens is 3. The summed E-state index contributed by atoms with van der Waals surface area (Å²) in [4.78, 5) is 13.3. The molecule has 0 unspecified atom stereocenters. The van der Waals surface area contributed by atoms with Gasteiger partial charge in [-0.15, -0.1) is 0 Å². The van der Waals surface area contributed by atoms with E-state index < -0.39 is 5.82 Å². The standard InChI is InChI=1S/C20H15FN4O/c1-22-20-17-9-12(14-7-15(21)10-16(26)8-14)4-5-18(17)24-19(25-20)13-3-2-6-23-11-13/h2-11,26H,1H3,(H,22,24,25). The number of phenolic OH excluding ortho intramolecular Hbond substituents is 1. The molecule has 2 aromatic carbocycles. The molecule has 6 heteroatoms. The Balaban J connectivity index is 1.88. The average molecular weight is 346 g/mol. The molecule has 0 aliphatic carbocycles. The van der Waals surface area contributed by atoms with Crippen molar-refractivity contribution < 1.29 is 9.50 Å². The first kappa shape index (κ1) is 16.0. The molecule has 5 nitrogen and oxygen atoms in total. The first-order chi connectivity index (χ1) is 12.6. The topological polar surface area (TPSA) is 70.9 Å². The fourth-order valence-corrected chi connectivity index (χ4v) is 2.86. The number of anilines is 1. The summed E-state index contributed by atoms with van der Waals surface area (Å²) < 4.78 is 13.6. The molecule has 0 radical (unpaired) electrons. The van der Waals surface area contributed by atoms with Crippen LogP contribution in [0.2, 0.25) is 0 Å². The predicted molar refractivity (Wildman–Crippen MR) is 99.4 cm³/mol. The second-order valence-electron chi connectivity index (χ2n) is 5.82. The molecule has 0 saturated heterocycles. The summed E-state index contributed by atoms with van der Waals surface area (Å²) in [5, 5.41) is 13.5. The monoisotopic (exact) mass is 346 g/mol. The van der Waals surface area contributed by atoms with Crippen LogP contribution < -0.4 is 5.32 Å². The SMILES string of the molecule is CNc1nc(-c2cccnc2)nc2ccc(-c3cc(O)cc(F)c3)cc12. The number of halogens is 1. The van der Waals surface area contributed by atoms with Gasteiger partial charge in [0.25, 0.3) is 0 Å². The van der Waals surface area contributed by atoms with Crippen LogP contribution in [-0.2, 0) is 0 Å². The molecular weight excluding hydrogens is 331 g/mol. The fraction of sp³-hybridized carbons (Fsp3) is 0.0500. The van der Waals surface area contributed by atoms with Crippen LogP contribution in [0.1, 0.15) is 0 Å². The van der Waals surface area contributed by atoms with Gasteiger partial charge in [-0.25, -0.2) is 14.4 Å². The average Bonchev–Trinajstić information content (AvgIpc) is 2.66. The Labute approximate surface area is 149 Å². The molecule has 2 aromatic heterocycles. The van der Waals surface area contributed by atoms with Gasteiger partial charge in [-0.05, 0) is 47.5 Å². The molecule has 128 valence electrons. The van der Waals surface area contributed by atoms with E-state index in [1.807, 2.05) is 30.3 Å². The van der Waals surface area contributed by atoms with E-state index in [0.29, 0.717) is 17.2 Å². The van der Waals surface area contributed by atoms with Gasteiger partial charge in [0.1, 0.15) is 17.4 Å². The smallest absolute Gasteiger partial charge is 0.163 e. The van der Waals surface area contributed by atoms with Gasteiger partial charge in [0.15, 0.2) is 5.82 Å². The van der Waals surface area contributed by atoms with Crippen molar-refractivity contribution in [2.45, 2.75) is 0 Å². The number of benzene rings is 2. The molecule has 0 atom stereocenters. The van der Waals surface area contributed by atoms with Crippen LogP contribution in [0.5, 0.6) is 5.75 Å². The summed E-state index contributed by atoms with van der Waals surface area (Å²) in [5.41, 5.74) is 2.93. The van der Waals surface area contributed by atoms with E-state index >= 15 is 0 Å². The lowest BCUT2D eigenvalue weighted by Crippen LogP contribution is -1.99. The minimum absolute atomic E-state index is 0.114. The Morgan fingerprint density at radius 1 is 0.962 bits per heavy atom. The molecule has 4 aromatic rings. The third-order valence-electron chi connectivity index (χ3n) is 4.07. The minimum atomic E-state index is -0.489. The second kappa shape index (κ2) is 6.40. The van der Waals surface area contributed by atoms with E-state index in [1.54, 1.807) is 19.4 Å². The van der Waals surface area contributed by atoms with Crippen LogP contribution in [0.3, 0.4) is 0 Å². The van der Waals surface area contributed by atoms with Crippen LogP contribution in [0.15, 0.2) is 60.9 Å². The largest absolute Gasteiger partial charge is 0.508 e. The zero-order valence-electron chi connectivity index (χ0n) is 13.9. The first-order valence-corrected chi connectivity index (χ1v) is 8.04. The zero-order chi connectivity index (χ0) is 18.1. The Kier molecular flexibility index (Phi) is 3.93. The number of hydrogen-bond donors (Lipinski definition) is 2. The quantitative estimate of drug-likeness (QED) is 0.580. The summed E-state index contributed by atoms with van der Waals surface area (Å²) in [5.74, 6) is 0.636. The van der Waals surface area contributed by atoms with E-state index in [1.165, 1.54) is 12.1 Å². The Morgan fingerprint density at radius 2 is 1.85 bits per heavy atom. The number of fused-ring (bicyclic) bond motifs is 1. The van der Waals surface area contributed by atoms with Gasteiger partial charge in [0, 0.05) is 36.5 Å². The molecule has 0 aliphatic rings. The maximum absolute atomic E-state index is 13.6. The molecule has 2 heterocycles. The Hall–Kier alpha value is -3.54. The van der Waals surface area contributed by atoms with Gasteiger partial charge < -0.3 is 10.4 Å². The van der Waals surface area contributed by atoms with Crippen molar-refractivity contribution in [1.82, 2.24) is 15.0 Å². The lowest BCUT2D eigenvalue weighted by Gasteiger charge is -2.10. The minimum Gasteiger partial charge on any atom is -0.508 e. The van der Waals surface area contributed by atoms with Crippen LogP contribution in [0, 0.1) is 5.82 Å². The van der Waals surface area contributed by atoms with Crippen molar-refractivity contribution in [2.75, 3.05) is 12.4 Å². The maximum atomic E-state index is 13.6. The molecule has 0 saturated carbocycles. The fourth-order valence-electron chi connectivity index (χ4n) is 2.86. The van der Waals surface area contributed by atoms with Gasteiger partial charge in [0.05, 0.1) is 5.52 Å². The molecule has 0 spiro atoms. The highest BCUT2D eigenvalue weighted by atomic mass is 19.1. The normalized spacial score (nSPS) is 10.8. The zero-order valence-corrected chi connectivity index (χ0v) is 13.9. The van der Waals surface area contributed by atoms with E-state index in [4.69, 9.17) is 0 Å². The van der Waals surface area contributed by atoms with E-state index in [9.17, 15) is 9.50 Å². The lowest BCUT2D eigenvalue weighted by molar-refractivity contribution is 0.469. The molecular formula is C20H15FN4O. The highest BCUT2D eigenvalue weighted by Gasteiger charge is 2.11. The lowest BCUT2D eigenvalue weighted by atomic mass is 10.0. The summed E-state index contributed by atoms with van der Waals surface area (Å²) >= 11 is 0. The summed E-state index contributed by atoms with van der Waals surface area (Å²) in [6.45, 7) is 0. The van der Waals surface area contributed by atoms with Crippen LogP contribution in [0.4, 0.5) is 10.2 Å². The van der Waals surface area contributed by atoms with Gasteiger partial charge in [-0.2, -0.15) is 0 Å². The number of phenols is 1. The molecule has 0 fully saturated rings. The van der Waals surface area contributed by atoms with Crippen LogP contribution in [-0.4, -0.2) is 27.1 Å². The van der Waals surface area contributed by atoms with Crippen molar-refractivity contribution in [1.29, 1.82) is 0 Å². The molecule has 2 N–H and O–H groups in total. The van der Waals surface area contributed by atoms with Gasteiger partial charge in [-0.1, -0.05) is 6.07 Å². The number of nitrogens with zero attached hydrogens (tertiary/aromatic N) is 3. The van der Waals surface area contributed by atoms with Crippen LogP contribution >= 0.6 is 0 Å². The van der Waals surface area contributed by atoms with Crippen molar-refractivity contribution in [3.8, 4) is 28.3 Å². The van der Waals surface area contributed by atoms with E-state index in [2.05, 4.69) is 20.3 Å². The molecule has 0 amide bonds. The number of hydrogen-bond acceptors (Lipinski definition) is 5. The van der Waals surface area contributed by atoms with Crippen molar-refractivity contribution in [2.24, 2.45) is 0 Å². The highest BCUT2D eigenvalue weighted by molar-refractivity contribution is 5.94. The second-order valence-corrected chi connectivity index (χ2v) is 5.82. The summed E-state index contributed by atoms with van der Waals surface area (Å²) in [6, 6.07) is 13.3. The van der Waals surface area contributed by atoms with Crippen LogP contribution in [0.25, 0.3) is 33.4 Å². The van der Waals surface area contributed by atoms with Gasteiger partial charge in [-0.3, -0.25) is 4.98 Å². The molecule has 0 aliphatic heterocycles. The number of rotatable bonds is 3. The maximum Gasteiger partial charge on any atom is 0.163 e. The Morgan fingerprint density at radius 3 is 2.58 bits per heavy atom. The number of pyridine rings is 1. The predicted octanol–water partition coefficient (Wildman–Crippen LogP) is 4.25. The number of aromatic hydroxyl groups is 1. The summed E-state index contributed by atoms with van der Waals surface area (Å²) in [6.07, 6.45) is 3.41. The third-order valence-corrected chi connectivity index (χ3v) is 4.07. The molecule has 4 rings (SSSR count). The van der Waals surface area contributed by atoms with E-state index in [-0.39, 0.29) is 5.75 Å². The van der Waals surface area contributed by atoms with E-state index in [0.717, 1.165) is 28.1 Å². The summed E-state index contributed by atoms with van der Waals surface area (Å²) in [7, 11) is 1.79. The van der Waals surface area contributed by atoms with Crippen molar-refractivity contribution in [3.63, 3.8) is 0 Å². The van der Waals surface area contributed by atoms with Gasteiger partial charge >= 0.3 is 0 Å². The van der Waals surface area contributed by atoms with Crippen molar-refractivity contribution in [3.05, 3.63) is 66.7 Å². The number of nitrogens with one attached hydrogen (secondary N) is 1. The first-order valence-electron chi connectivity index (χ1n) is 8.04. The Bertz CT molecular complexity index is 1080. The highest BCUT2D eigenvalue weighted by Crippen LogP contribution is 2.31. The molecule has 0 bridgehead atoms. The van der Waals surface area contributed by atoms with Gasteiger partial charge in [0.2, 0.25) is 0 Å². The van der Waals surface area contributed by atoms with Crippen molar-refractivity contribution >= 4 is 16.7 Å². The third kappa shape index (κ3) is 2.93.